The van der Waals surface area contributed by atoms with Crippen LogP contribution in [-0.4, -0.2) is 20.3 Å². The van der Waals surface area contributed by atoms with Gasteiger partial charge in [-0.3, -0.25) is 5.10 Å². The van der Waals surface area contributed by atoms with Gasteiger partial charge < -0.3 is 5.11 Å². The van der Waals surface area contributed by atoms with Crippen LogP contribution in [0.25, 0.3) is 0 Å². The molecule has 2 N–H and O–H groups in total. The lowest BCUT2D eigenvalue weighted by Gasteiger charge is -1.99. The van der Waals surface area contributed by atoms with Crippen molar-refractivity contribution in [2.24, 2.45) is 5.92 Å². The molecule has 0 aromatic carbocycles. The Morgan fingerprint density at radius 1 is 1.50 bits per heavy atom. The number of hydrogen-bond donors (Lipinski definition) is 2. The topological polar surface area (TPSA) is 61.8 Å². The normalized spacial score (nSPS) is 11.0. The SMILES string of the molecule is CC(C)CCc1n[nH]c(CO)n1. The Labute approximate surface area is 72.0 Å². The highest BCUT2D eigenvalue weighted by molar-refractivity contribution is 4.88. The lowest BCUT2D eigenvalue weighted by Crippen LogP contribution is -1.94. The fourth-order valence-corrected chi connectivity index (χ4v) is 0.935. The summed E-state index contributed by atoms with van der Waals surface area (Å²) in [5, 5.41) is 15.3. The summed E-state index contributed by atoms with van der Waals surface area (Å²) >= 11 is 0. The Balaban J connectivity index is 2.41. The molecule has 1 heterocycles. The summed E-state index contributed by atoms with van der Waals surface area (Å²) < 4.78 is 0. The van der Waals surface area contributed by atoms with Crippen molar-refractivity contribution in [2.45, 2.75) is 33.3 Å². The van der Waals surface area contributed by atoms with Crippen LogP contribution in [0.3, 0.4) is 0 Å². The highest BCUT2D eigenvalue weighted by atomic mass is 16.3. The number of hydrogen-bond acceptors (Lipinski definition) is 3. The lowest BCUT2D eigenvalue weighted by atomic mass is 10.1. The molecular weight excluding hydrogens is 154 g/mol. The summed E-state index contributed by atoms with van der Waals surface area (Å²) in [5.41, 5.74) is 0. The van der Waals surface area contributed by atoms with Gasteiger partial charge in [0.15, 0.2) is 5.82 Å². The number of H-pyrrole nitrogens is 1. The summed E-state index contributed by atoms with van der Waals surface area (Å²) in [6.07, 6.45) is 1.97. The van der Waals surface area contributed by atoms with Crippen LogP contribution in [0, 0.1) is 5.92 Å². The number of aryl methyl sites for hydroxylation is 1. The van der Waals surface area contributed by atoms with Crippen LogP contribution in [0.2, 0.25) is 0 Å². The average Bonchev–Trinajstić information content (AvgIpc) is 2.48. The molecule has 4 nitrogen and oxygen atoms in total. The summed E-state index contributed by atoms with van der Waals surface area (Å²) in [7, 11) is 0. The molecule has 12 heavy (non-hydrogen) atoms. The fraction of sp³-hybridized carbons (Fsp3) is 0.750. The van der Waals surface area contributed by atoms with Crippen molar-refractivity contribution >= 4 is 0 Å². The maximum atomic E-state index is 8.69. The maximum absolute atomic E-state index is 8.69. The Kier molecular flexibility index (Phi) is 3.22. The van der Waals surface area contributed by atoms with Gasteiger partial charge in [0, 0.05) is 6.42 Å². The van der Waals surface area contributed by atoms with E-state index in [-0.39, 0.29) is 6.61 Å². The number of nitrogens with zero attached hydrogens (tertiary/aromatic N) is 2. The van der Waals surface area contributed by atoms with Gasteiger partial charge >= 0.3 is 0 Å². The predicted molar refractivity (Wildman–Crippen MR) is 45.5 cm³/mol. The van der Waals surface area contributed by atoms with Crippen molar-refractivity contribution in [3.63, 3.8) is 0 Å². The van der Waals surface area contributed by atoms with Gasteiger partial charge in [-0.1, -0.05) is 13.8 Å². The van der Waals surface area contributed by atoms with Gasteiger partial charge in [-0.05, 0) is 12.3 Å². The van der Waals surface area contributed by atoms with E-state index < -0.39 is 0 Å². The molecular formula is C8H15N3O. The van der Waals surface area contributed by atoms with Crippen LogP contribution in [0.4, 0.5) is 0 Å². The van der Waals surface area contributed by atoms with Crippen molar-refractivity contribution in [1.82, 2.24) is 15.2 Å². The van der Waals surface area contributed by atoms with E-state index in [0.717, 1.165) is 18.7 Å². The first-order valence-corrected chi connectivity index (χ1v) is 4.23. The molecule has 1 aromatic heterocycles. The fourth-order valence-electron chi connectivity index (χ4n) is 0.935. The number of aromatic amines is 1. The summed E-state index contributed by atoms with van der Waals surface area (Å²) in [4.78, 5) is 4.08. The number of rotatable bonds is 4. The van der Waals surface area contributed by atoms with E-state index in [1.807, 2.05) is 0 Å². The quantitative estimate of drug-likeness (QED) is 0.703. The molecule has 0 radical (unpaired) electrons. The highest BCUT2D eigenvalue weighted by Gasteiger charge is 2.02. The number of aliphatic hydroxyl groups is 1. The maximum Gasteiger partial charge on any atom is 0.150 e. The second-order valence-electron chi connectivity index (χ2n) is 3.29. The summed E-state index contributed by atoms with van der Waals surface area (Å²) in [6, 6.07) is 0. The van der Waals surface area contributed by atoms with E-state index in [4.69, 9.17) is 5.11 Å². The molecule has 68 valence electrons. The minimum atomic E-state index is -0.0608. The van der Waals surface area contributed by atoms with Crippen LogP contribution >= 0.6 is 0 Å². The Morgan fingerprint density at radius 3 is 2.75 bits per heavy atom. The van der Waals surface area contributed by atoms with Crippen molar-refractivity contribution in [3.8, 4) is 0 Å². The number of aromatic nitrogens is 3. The third kappa shape index (κ3) is 2.62. The molecule has 4 heteroatoms. The van der Waals surface area contributed by atoms with Gasteiger partial charge in [0.2, 0.25) is 0 Å². The molecule has 0 aliphatic carbocycles. The first-order valence-electron chi connectivity index (χ1n) is 4.23. The van der Waals surface area contributed by atoms with E-state index in [1.165, 1.54) is 0 Å². The molecule has 0 fully saturated rings. The van der Waals surface area contributed by atoms with Gasteiger partial charge in [-0.25, -0.2) is 4.98 Å². The predicted octanol–water partition coefficient (Wildman–Crippen LogP) is 0.886. The van der Waals surface area contributed by atoms with E-state index in [2.05, 4.69) is 29.0 Å². The van der Waals surface area contributed by atoms with Crippen LogP contribution < -0.4 is 0 Å². The number of nitrogens with one attached hydrogen (secondary N) is 1. The molecule has 0 atom stereocenters. The Hall–Kier alpha value is -0.900. The van der Waals surface area contributed by atoms with Crippen molar-refractivity contribution < 1.29 is 5.11 Å². The monoisotopic (exact) mass is 169 g/mol. The first kappa shape index (κ1) is 9.19. The van der Waals surface area contributed by atoms with Crippen LogP contribution in [0.5, 0.6) is 0 Å². The van der Waals surface area contributed by atoms with Crippen LogP contribution in [-0.2, 0) is 13.0 Å². The molecule has 0 bridgehead atoms. The van der Waals surface area contributed by atoms with Gasteiger partial charge in [0.1, 0.15) is 12.4 Å². The van der Waals surface area contributed by atoms with Gasteiger partial charge in [0.25, 0.3) is 0 Å². The van der Waals surface area contributed by atoms with E-state index >= 15 is 0 Å². The second-order valence-corrected chi connectivity index (χ2v) is 3.29. The molecule has 0 spiro atoms. The lowest BCUT2D eigenvalue weighted by molar-refractivity contribution is 0.271. The van der Waals surface area contributed by atoms with Gasteiger partial charge in [-0.15, -0.1) is 0 Å². The minimum absolute atomic E-state index is 0.0608. The van der Waals surface area contributed by atoms with Crippen molar-refractivity contribution in [3.05, 3.63) is 11.6 Å². The third-order valence-corrected chi connectivity index (χ3v) is 1.67. The molecule has 0 saturated heterocycles. The third-order valence-electron chi connectivity index (χ3n) is 1.67. The zero-order valence-electron chi connectivity index (χ0n) is 7.54. The first-order chi connectivity index (χ1) is 5.72. The molecule has 0 unspecified atom stereocenters. The smallest absolute Gasteiger partial charge is 0.150 e. The highest BCUT2D eigenvalue weighted by Crippen LogP contribution is 2.04. The van der Waals surface area contributed by atoms with Gasteiger partial charge in [-0.2, -0.15) is 5.10 Å². The van der Waals surface area contributed by atoms with E-state index in [0.29, 0.717) is 11.7 Å². The largest absolute Gasteiger partial charge is 0.388 e. The molecule has 1 rings (SSSR count). The Bertz CT molecular complexity index is 232. The van der Waals surface area contributed by atoms with E-state index in [1.54, 1.807) is 0 Å². The summed E-state index contributed by atoms with van der Waals surface area (Å²) in [6.45, 7) is 4.27. The van der Waals surface area contributed by atoms with Crippen LogP contribution in [0.15, 0.2) is 0 Å². The zero-order valence-corrected chi connectivity index (χ0v) is 7.54. The molecule has 0 saturated carbocycles. The van der Waals surface area contributed by atoms with Crippen LogP contribution in [0.1, 0.15) is 31.9 Å². The summed E-state index contributed by atoms with van der Waals surface area (Å²) in [5.74, 6) is 2.02. The molecule has 0 aliphatic rings. The Morgan fingerprint density at radius 2 is 2.25 bits per heavy atom. The molecule has 0 aliphatic heterocycles. The van der Waals surface area contributed by atoms with Crippen molar-refractivity contribution in [1.29, 1.82) is 0 Å². The zero-order chi connectivity index (χ0) is 8.97. The minimum Gasteiger partial charge on any atom is -0.388 e. The average molecular weight is 169 g/mol. The molecule has 1 aromatic rings. The van der Waals surface area contributed by atoms with E-state index in [9.17, 15) is 0 Å². The standard InChI is InChI=1S/C8H15N3O/c1-6(2)3-4-7-9-8(5-12)11-10-7/h6,12H,3-5H2,1-2H3,(H,9,10,11). The second kappa shape index (κ2) is 4.21. The van der Waals surface area contributed by atoms with Gasteiger partial charge in [0.05, 0.1) is 0 Å². The molecule has 0 amide bonds. The number of aliphatic hydroxyl groups excluding tert-OH is 1. The van der Waals surface area contributed by atoms with Crippen molar-refractivity contribution in [2.75, 3.05) is 0 Å².